The number of carbonyl (C=O) groups excluding carboxylic acids is 1. The highest BCUT2D eigenvalue weighted by molar-refractivity contribution is 5.67. The molecule has 6 heteroatoms. The van der Waals surface area contributed by atoms with E-state index in [1.54, 1.807) is 19.1 Å². The Balaban J connectivity index is 1.72. The van der Waals surface area contributed by atoms with Crippen LogP contribution in [0.15, 0.2) is 48.5 Å². The highest BCUT2D eigenvalue weighted by Gasteiger charge is 2.19. The first-order valence-electron chi connectivity index (χ1n) is 8.04. The smallest absolute Gasteiger partial charge is 0.407 e. The van der Waals surface area contributed by atoms with Gasteiger partial charge in [-0.1, -0.05) is 42.5 Å². The van der Waals surface area contributed by atoms with Crippen molar-refractivity contribution in [2.24, 2.45) is 0 Å². The van der Waals surface area contributed by atoms with Gasteiger partial charge in [-0.2, -0.15) is 0 Å². The molecule has 1 amide bonds. The quantitative estimate of drug-likeness (QED) is 0.720. The van der Waals surface area contributed by atoms with Gasteiger partial charge in [0.15, 0.2) is 0 Å². The van der Waals surface area contributed by atoms with E-state index in [1.165, 1.54) is 6.07 Å². The summed E-state index contributed by atoms with van der Waals surface area (Å²) in [6.07, 6.45) is -2.85. The lowest BCUT2D eigenvalue weighted by molar-refractivity contribution is 0.0135. The van der Waals surface area contributed by atoms with Crippen molar-refractivity contribution in [2.75, 3.05) is 6.54 Å². The van der Waals surface area contributed by atoms with E-state index in [2.05, 4.69) is 5.32 Å². The standard InChI is InChI=1S/C19H22FNO4/c1-13-7-8-15(11-16(13)20)18(23)17(22)9-10-21-19(24)25-12-14-5-3-2-4-6-14/h2-8,11,17-18,22-23H,9-10,12H2,1H3,(H,21,24). The van der Waals surface area contributed by atoms with Crippen LogP contribution in [0.2, 0.25) is 0 Å². The molecule has 0 saturated heterocycles. The Labute approximate surface area is 146 Å². The van der Waals surface area contributed by atoms with Crippen molar-refractivity contribution in [2.45, 2.75) is 32.2 Å². The molecule has 2 aromatic rings. The van der Waals surface area contributed by atoms with E-state index in [0.717, 1.165) is 5.56 Å². The van der Waals surface area contributed by atoms with Crippen molar-refractivity contribution >= 4 is 6.09 Å². The van der Waals surface area contributed by atoms with Crippen molar-refractivity contribution in [1.29, 1.82) is 0 Å². The van der Waals surface area contributed by atoms with Crippen molar-refractivity contribution in [3.63, 3.8) is 0 Å². The lowest BCUT2D eigenvalue weighted by Crippen LogP contribution is -2.29. The van der Waals surface area contributed by atoms with Crippen molar-refractivity contribution in [3.8, 4) is 0 Å². The zero-order chi connectivity index (χ0) is 18.2. The minimum absolute atomic E-state index is 0.108. The molecular weight excluding hydrogens is 325 g/mol. The number of hydrogen-bond donors (Lipinski definition) is 3. The third-order valence-electron chi connectivity index (χ3n) is 3.82. The number of nitrogens with one attached hydrogen (secondary N) is 1. The number of hydrogen-bond acceptors (Lipinski definition) is 4. The third kappa shape index (κ3) is 5.85. The van der Waals surface area contributed by atoms with E-state index < -0.39 is 24.1 Å². The lowest BCUT2D eigenvalue weighted by atomic mass is 10.0. The molecule has 2 rings (SSSR count). The molecule has 0 aliphatic carbocycles. The number of aliphatic hydroxyl groups excluding tert-OH is 2. The highest BCUT2D eigenvalue weighted by Crippen LogP contribution is 2.21. The number of rotatable bonds is 7. The number of benzene rings is 2. The van der Waals surface area contributed by atoms with Crippen LogP contribution < -0.4 is 5.32 Å². The average molecular weight is 347 g/mol. The molecular formula is C19H22FNO4. The largest absolute Gasteiger partial charge is 0.445 e. The van der Waals surface area contributed by atoms with Gasteiger partial charge in [0, 0.05) is 6.54 Å². The van der Waals surface area contributed by atoms with E-state index in [9.17, 15) is 19.4 Å². The van der Waals surface area contributed by atoms with Crippen LogP contribution in [0.5, 0.6) is 0 Å². The van der Waals surface area contributed by atoms with Crippen molar-refractivity contribution < 1.29 is 24.1 Å². The summed E-state index contributed by atoms with van der Waals surface area (Å²) in [5.41, 5.74) is 1.63. The summed E-state index contributed by atoms with van der Waals surface area (Å²) in [6, 6.07) is 13.6. The van der Waals surface area contributed by atoms with Crippen LogP contribution in [-0.2, 0) is 11.3 Å². The van der Waals surface area contributed by atoms with Crippen molar-refractivity contribution in [1.82, 2.24) is 5.32 Å². The molecule has 0 fully saturated rings. The molecule has 0 heterocycles. The molecule has 0 aromatic heterocycles. The number of aliphatic hydroxyl groups is 2. The number of aryl methyl sites for hydroxylation is 1. The molecule has 2 aromatic carbocycles. The molecule has 0 aliphatic heterocycles. The molecule has 0 radical (unpaired) electrons. The fraction of sp³-hybridized carbons (Fsp3) is 0.316. The number of halogens is 1. The summed E-state index contributed by atoms with van der Waals surface area (Å²) in [4.78, 5) is 11.6. The normalized spacial score (nSPS) is 13.1. The monoisotopic (exact) mass is 347 g/mol. The first kappa shape index (κ1) is 18.9. The summed E-state index contributed by atoms with van der Waals surface area (Å²) < 4.78 is 18.6. The number of ether oxygens (including phenoxy) is 1. The van der Waals surface area contributed by atoms with Gasteiger partial charge >= 0.3 is 6.09 Å². The van der Waals surface area contributed by atoms with Gasteiger partial charge in [0.2, 0.25) is 0 Å². The Morgan fingerprint density at radius 3 is 2.60 bits per heavy atom. The van der Waals surface area contributed by atoms with Crippen LogP contribution in [-0.4, -0.2) is 29.0 Å². The molecule has 0 bridgehead atoms. The topological polar surface area (TPSA) is 78.8 Å². The molecule has 2 atom stereocenters. The lowest BCUT2D eigenvalue weighted by Gasteiger charge is -2.18. The maximum atomic E-state index is 13.5. The number of carbonyl (C=O) groups is 1. The minimum atomic E-state index is -1.22. The number of alkyl carbamates (subject to hydrolysis) is 1. The third-order valence-corrected chi connectivity index (χ3v) is 3.82. The van der Waals surface area contributed by atoms with Gasteiger partial charge < -0.3 is 20.3 Å². The second kappa shape index (κ2) is 9.15. The maximum absolute atomic E-state index is 13.5. The van der Waals surface area contributed by atoms with Gasteiger partial charge in [-0.25, -0.2) is 9.18 Å². The Morgan fingerprint density at radius 2 is 1.92 bits per heavy atom. The summed E-state index contributed by atoms with van der Waals surface area (Å²) >= 11 is 0. The predicted octanol–water partition coefficient (Wildman–Crippen LogP) is 2.84. The average Bonchev–Trinajstić information content (AvgIpc) is 2.62. The fourth-order valence-electron chi connectivity index (χ4n) is 2.27. The fourth-order valence-corrected chi connectivity index (χ4v) is 2.27. The van der Waals surface area contributed by atoms with Crippen molar-refractivity contribution in [3.05, 3.63) is 71.0 Å². The summed E-state index contributed by atoms with van der Waals surface area (Å²) in [6.45, 7) is 1.90. The van der Waals surface area contributed by atoms with Crippen LogP contribution in [0.3, 0.4) is 0 Å². The first-order valence-corrected chi connectivity index (χ1v) is 8.04. The van der Waals surface area contributed by atoms with E-state index in [1.807, 2.05) is 30.3 Å². The van der Waals surface area contributed by atoms with Crippen LogP contribution >= 0.6 is 0 Å². The Hall–Kier alpha value is -2.44. The van der Waals surface area contributed by atoms with E-state index in [-0.39, 0.29) is 19.6 Å². The zero-order valence-corrected chi connectivity index (χ0v) is 14.0. The molecule has 5 nitrogen and oxygen atoms in total. The SMILES string of the molecule is Cc1ccc(C(O)C(O)CCNC(=O)OCc2ccccc2)cc1F. The van der Waals surface area contributed by atoms with E-state index in [4.69, 9.17) is 4.74 Å². The van der Waals surface area contributed by atoms with Gasteiger partial charge in [-0.05, 0) is 36.1 Å². The van der Waals surface area contributed by atoms with Gasteiger partial charge in [-0.3, -0.25) is 0 Å². The molecule has 2 unspecified atom stereocenters. The van der Waals surface area contributed by atoms with Gasteiger partial charge in [0.1, 0.15) is 18.5 Å². The maximum Gasteiger partial charge on any atom is 0.407 e. The van der Waals surface area contributed by atoms with Crippen LogP contribution in [0, 0.1) is 12.7 Å². The summed E-state index contributed by atoms with van der Waals surface area (Å²) in [7, 11) is 0. The molecule has 0 aliphatic rings. The second-order valence-electron chi connectivity index (χ2n) is 5.80. The minimum Gasteiger partial charge on any atom is -0.445 e. The zero-order valence-electron chi connectivity index (χ0n) is 14.0. The predicted molar refractivity (Wildman–Crippen MR) is 91.4 cm³/mol. The number of amides is 1. The summed E-state index contributed by atoms with van der Waals surface area (Å²) in [5.74, 6) is -0.439. The van der Waals surface area contributed by atoms with Gasteiger partial charge in [0.05, 0.1) is 6.10 Å². The highest BCUT2D eigenvalue weighted by atomic mass is 19.1. The Bertz CT molecular complexity index is 693. The second-order valence-corrected chi connectivity index (χ2v) is 5.80. The molecule has 3 N–H and O–H groups in total. The molecule has 0 saturated carbocycles. The van der Waals surface area contributed by atoms with Gasteiger partial charge in [0.25, 0.3) is 0 Å². The molecule has 25 heavy (non-hydrogen) atoms. The van der Waals surface area contributed by atoms with E-state index >= 15 is 0 Å². The van der Waals surface area contributed by atoms with Gasteiger partial charge in [-0.15, -0.1) is 0 Å². The Kier molecular flexibility index (Phi) is 6.91. The first-order chi connectivity index (χ1) is 12.0. The molecule has 134 valence electrons. The van der Waals surface area contributed by atoms with Crippen LogP contribution in [0.25, 0.3) is 0 Å². The summed E-state index contributed by atoms with van der Waals surface area (Å²) in [5, 5.41) is 22.6. The Morgan fingerprint density at radius 1 is 1.20 bits per heavy atom. The van der Waals surface area contributed by atoms with E-state index in [0.29, 0.717) is 11.1 Å². The molecule has 0 spiro atoms. The van der Waals surface area contributed by atoms with Crippen LogP contribution in [0.4, 0.5) is 9.18 Å². The van der Waals surface area contributed by atoms with Crippen LogP contribution in [0.1, 0.15) is 29.2 Å².